The van der Waals surface area contributed by atoms with Gasteiger partial charge in [0.25, 0.3) is 0 Å². The summed E-state index contributed by atoms with van der Waals surface area (Å²) in [6.45, 7) is 6.00. The standard InChI is InChI=1S/C22H23FN2O/c1-3-13-24(2)14-4-5-16-26-21-10-11-22-18(17-21)12-15-25(22)20-8-6-19(23)7-9-20/h3-12,15,17H,1,13-14,16H2,2H3. The molecule has 0 N–H and O–H groups in total. The minimum Gasteiger partial charge on any atom is -0.490 e. The van der Waals surface area contributed by atoms with E-state index in [1.807, 2.05) is 54.2 Å². The minimum absolute atomic E-state index is 0.232. The summed E-state index contributed by atoms with van der Waals surface area (Å²) in [5.74, 6) is 0.600. The normalized spacial score (nSPS) is 11.5. The SMILES string of the molecule is C=CCN(C)CC=CCOc1ccc2c(ccn2-c2ccc(F)cc2)c1. The van der Waals surface area contributed by atoms with Crippen molar-refractivity contribution in [3.8, 4) is 11.4 Å². The molecule has 3 aromatic rings. The first kappa shape index (κ1) is 18.0. The second kappa shape index (κ2) is 8.50. The number of ether oxygens (including phenoxy) is 1. The van der Waals surface area contributed by atoms with Gasteiger partial charge in [-0.1, -0.05) is 18.2 Å². The number of benzene rings is 2. The molecule has 0 aliphatic heterocycles. The van der Waals surface area contributed by atoms with E-state index in [1.54, 1.807) is 12.1 Å². The molecule has 0 saturated carbocycles. The zero-order valence-corrected chi connectivity index (χ0v) is 14.9. The van der Waals surface area contributed by atoms with Gasteiger partial charge < -0.3 is 9.30 Å². The lowest BCUT2D eigenvalue weighted by atomic mass is 10.2. The zero-order valence-electron chi connectivity index (χ0n) is 14.9. The third kappa shape index (κ3) is 4.41. The van der Waals surface area contributed by atoms with Gasteiger partial charge in [-0.25, -0.2) is 4.39 Å². The number of fused-ring (bicyclic) bond motifs is 1. The highest BCUT2D eigenvalue weighted by Gasteiger charge is 2.05. The van der Waals surface area contributed by atoms with Gasteiger partial charge in [0, 0.05) is 30.4 Å². The molecule has 0 fully saturated rings. The van der Waals surface area contributed by atoms with Gasteiger partial charge in [-0.2, -0.15) is 0 Å². The maximum absolute atomic E-state index is 13.1. The number of likely N-dealkylation sites (N-methyl/N-ethyl adjacent to an activating group) is 1. The Morgan fingerprint density at radius 3 is 2.65 bits per heavy atom. The van der Waals surface area contributed by atoms with Crippen LogP contribution < -0.4 is 4.74 Å². The summed E-state index contributed by atoms with van der Waals surface area (Å²) in [4.78, 5) is 2.16. The van der Waals surface area contributed by atoms with E-state index in [-0.39, 0.29) is 5.82 Å². The van der Waals surface area contributed by atoms with E-state index < -0.39 is 0 Å². The molecule has 0 radical (unpaired) electrons. The maximum atomic E-state index is 13.1. The first-order valence-corrected chi connectivity index (χ1v) is 8.61. The predicted molar refractivity (Wildman–Crippen MR) is 106 cm³/mol. The largest absolute Gasteiger partial charge is 0.490 e. The molecule has 0 saturated heterocycles. The van der Waals surface area contributed by atoms with Crippen LogP contribution >= 0.6 is 0 Å². The first-order valence-electron chi connectivity index (χ1n) is 8.61. The minimum atomic E-state index is -0.232. The molecule has 3 rings (SSSR count). The summed E-state index contributed by atoms with van der Waals surface area (Å²) >= 11 is 0. The van der Waals surface area contributed by atoms with Gasteiger partial charge in [-0.15, -0.1) is 6.58 Å². The molecule has 0 aliphatic carbocycles. The van der Waals surface area contributed by atoms with E-state index in [2.05, 4.69) is 17.6 Å². The molecule has 4 heteroatoms. The Morgan fingerprint density at radius 1 is 1.08 bits per heavy atom. The fraction of sp³-hybridized carbons (Fsp3) is 0.182. The van der Waals surface area contributed by atoms with Crippen molar-refractivity contribution in [3.63, 3.8) is 0 Å². The molecule has 1 heterocycles. The van der Waals surface area contributed by atoms with Crippen molar-refractivity contribution in [2.45, 2.75) is 0 Å². The summed E-state index contributed by atoms with van der Waals surface area (Å²) in [5, 5.41) is 1.08. The molecule has 0 aliphatic rings. The number of hydrogen-bond donors (Lipinski definition) is 0. The second-order valence-electron chi connectivity index (χ2n) is 6.18. The van der Waals surface area contributed by atoms with E-state index in [0.717, 1.165) is 35.4 Å². The van der Waals surface area contributed by atoms with Crippen LogP contribution in [0, 0.1) is 5.82 Å². The molecule has 3 nitrogen and oxygen atoms in total. The van der Waals surface area contributed by atoms with Crippen LogP contribution in [0.2, 0.25) is 0 Å². The van der Waals surface area contributed by atoms with Crippen molar-refractivity contribution in [2.24, 2.45) is 0 Å². The van der Waals surface area contributed by atoms with E-state index in [1.165, 1.54) is 12.1 Å². The lowest BCUT2D eigenvalue weighted by Gasteiger charge is -2.10. The number of nitrogens with zero attached hydrogens (tertiary/aromatic N) is 2. The predicted octanol–water partition coefficient (Wildman–Crippen LogP) is 4.82. The molecule has 0 amide bonds. The topological polar surface area (TPSA) is 17.4 Å². The van der Waals surface area contributed by atoms with Gasteiger partial charge in [0.15, 0.2) is 0 Å². The van der Waals surface area contributed by atoms with E-state index in [4.69, 9.17) is 4.74 Å². The molecule has 0 unspecified atom stereocenters. The van der Waals surface area contributed by atoms with Crippen LogP contribution in [0.1, 0.15) is 0 Å². The van der Waals surface area contributed by atoms with E-state index >= 15 is 0 Å². The Labute approximate surface area is 153 Å². The number of rotatable bonds is 8. The van der Waals surface area contributed by atoms with Crippen molar-refractivity contribution < 1.29 is 9.13 Å². The zero-order chi connectivity index (χ0) is 18.4. The second-order valence-corrected chi connectivity index (χ2v) is 6.18. The van der Waals surface area contributed by atoms with Gasteiger partial charge in [0.2, 0.25) is 0 Å². The van der Waals surface area contributed by atoms with Crippen LogP contribution in [0.15, 0.2) is 79.5 Å². The maximum Gasteiger partial charge on any atom is 0.123 e. The fourth-order valence-corrected chi connectivity index (χ4v) is 2.80. The van der Waals surface area contributed by atoms with Crippen LogP contribution in [0.5, 0.6) is 5.75 Å². The third-order valence-electron chi connectivity index (χ3n) is 4.14. The molecule has 1 aromatic heterocycles. The molecule has 26 heavy (non-hydrogen) atoms. The fourth-order valence-electron chi connectivity index (χ4n) is 2.80. The molecule has 0 bridgehead atoms. The van der Waals surface area contributed by atoms with Gasteiger partial charge >= 0.3 is 0 Å². The van der Waals surface area contributed by atoms with Gasteiger partial charge in [-0.05, 0) is 55.6 Å². The summed E-state index contributed by atoms with van der Waals surface area (Å²) in [6, 6.07) is 14.5. The number of halogens is 1. The molecule has 134 valence electrons. The monoisotopic (exact) mass is 350 g/mol. The van der Waals surface area contributed by atoms with Crippen molar-refractivity contribution in [1.29, 1.82) is 0 Å². The summed E-state index contributed by atoms with van der Waals surface area (Å²) in [5.41, 5.74) is 1.99. The summed E-state index contributed by atoms with van der Waals surface area (Å²) < 4.78 is 21.0. The summed E-state index contributed by atoms with van der Waals surface area (Å²) in [6.07, 6.45) is 7.98. The number of aromatic nitrogens is 1. The van der Waals surface area contributed by atoms with Crippen molar-refractivity contribution >= 4 is 10.9 Å². The highest BCUT2D eigenvalue weighted by molar-refractivity contribution is 5.83. The van der Waals surface area contributed by atoms with Crippen molar-refractivity contribution in [2.75, 3.05) is 26.7 Å². The Morgan fingerprint density at radius 2 is 1.88 bits per heavy atom. The quantitative estimate of drug-likeness (QED) is 0.542. The molecule has 2 aromatic carbocycles. The Balaban J connectivity index is 1.64. The Bertz CT molecular complexity index is 896. The van der Waals surface area contributed by atoms with Crippen molar-refractivity contribution in [1.82, 2.24) is 9.47 Å². The summed E-state index contributed by atoms with van der Waals surface area (Å²) in [7, 11) is 2.05. The Hall–Kier alpha value is -2.85. The average molecular weight is 350 g/mol. The van der Waals surface area contributed by atoms with E-state index in [9.17, 15) is 4.39 Å². The highest BCUT2D eigenvalue weighted by Crippen LogP contribution is 2.25. The van der Waals surface area contributed by atoms with Crippen LogP contribution in [-0.2, 0) is 0 Å². The lowest BCUT2D eigenvalue weighted by molar-refractivity contribution is 0.361. The molecule has 0 atom stereocenters. The van der Waals surface area contributed by atoms with Gasteiger partial charge in [0.05, 0.1) is 5.52 Å². The average Bonchev–Trinajstić information content (AvgIpc) is 3.05. The van der Waals surface area contributed by atoms with Gasteiger partial charge in [0.1, 0.15) is 18.2 Å². The number of hydrogen-bond acceptors (Lipinski definition) is 2. The molecule has 0 spiro atoms. The van der Waals surface area contributed by atoms with Crippen molar-refractivity contribution in [3.05, 3.63) is 85.4 Å². The van der Waals surface area contributed by atoms with Crippen LogP contribution in [0.4, 0.5) is 4.39 Å². The molecular weight excluding hydrogens is 327 g/mol. The van der Waals surface area contributed by atoms with Crippen LogP contribution in [-0.4, -0.2) is 36.2 Å². The van der Waals surface area contributed by atoms with Gasteiger partial charge in [-0.3, -0.25) is 4.90 Å². The van der Waals surface area contributed by atoms with Crippen LogP contribution in [0.25, 0.3) is 16.6 Å². The van der Waals surface area contributed by atoms with E-state index in [0.29, 0.717) is 6.61 Å². The lowest BCUT2D eigenvalue weighted by Crippen LogP contribution is -2.17. The smallest absolute Gasteiger partial charge is 0.123 e. The highest BCUT2D eigenvalue weighted by atomic mass is 19.1. The Kier molecular flexibility index (Phi) is 5.87. The molecular formula is C22H23FN2O. The third-order valence-corrected chi connectivity index (χ3v) is 4.14. The van der Waals surface area contributed by atoms with Crippen LogP contribution in [0.3, 0.4) is 0 Å². The first-order chi connectivity index (χ1) is 12.7.